The van der Waals surface area contributed by atoms with Crippen LogP contribution in [0.5, 0.6) is 11.5 Å². The Bertz CT molecular complexity index is 2410. The summed E-state index contributed by atoms with van der Waals surface area (Å²) in [5.41, 5.74) is 1.18. The molecule has 12 nitrogen and oxygen atoms in total. The van der Waals surface area contributed by atoms with Crippen LogP contribution in [0.25, 0.3) is 11.0 Å². The van der Waals surface area contributed by atoms with E-state index in [-0.39, 0.29) is 47.5 Å². The number of halogens is 2. The zero-order valence-electron chi connectivity index (χ0n) is 77.2. The molecule has 1 heterocycles. The predicted molar refractivity (Wildman–Crippen MR) is 502 cm³/mol. The molecule has 0 amide bonds. The van der Waals surface area contributed by atoms with Gasteiger partial charge in [0.15, 0.2) is 11.5 Å². The number of hydrogen-bond acceptors (Lipinski definition) is 13. The Kier molecular flexibility index (Phi) is 66.4. The molecular formula is C102H182Br2N2O10S. The number of unbranched alkanes of at least 4 members (excludes halogenated alkanes) is 48. The van der Waals surface area contributed by atoms with Gasteiger partial charge in [-0.15, -0.1) is 0 Å². The van der Waals surface area contributed by atoms with Crippen molar-refractivity contribution in [3.63, 3.8) is 0 Å². The third-order valence-electron chi connectivity index (χ3n) is 26.3. The minimum Gasteiger partial charge on any atom is -0.485 e. The lowest BCUT2D eigenvalue weighted by atomic mass is 9.79. The van der Waals surface area contributed by atoms with E-state index in [1.807, 2.05) is 0 Å². The Labute approximate surface area is 741 Å². The van der Waals surface area contributed by atoms with Crippen LogP contribution < -0.4 is 9.47 Å². The fourth-order valence-electron chi connectivity index (χ4n) is 18.6. The number of hydrogen-bond donors (Lipinski definition) is 0. The molecule has 1 aromatic heterocycles. The average Bonchev–Trinajstić information content (AvgIpc) is 1.72. The molecule has 680 valence electrons. The predicted octanol–water partition coefficient (Wildman–Crippen LogP) is 33.3. The maximum atomic E-state index is 15.1. The number of carbonyl (C=O) groups is 4. The van der Waals surface area contributed by atoms with Gasteiger partial charge >= 0.3 is 23.9 Å². The lowest BCUT2D eigenvalue weighted by molar-refractivity contribution is -0.161. The van der Waals surface area contributed by atoms with Crippen LogP contribution in [0.1, 0.15) is 505 Å². The maximum absolute atomic E-state index is 15.1. The van der Waals surface area contributed by atoms with E-state index in [0.717, 1.165) is 114 Å². The van der Waals surface area contributed by atoms with E-state index in [2.05, 4.69) is 87.2 Å². The largest absolute Gasteiger partial charge is 0.485 e. The van der Waals surface area contributed by atoms with Crippen LogP contribution in [-0.4, -0.2) is 71.3 Å². The molecule has 0 radical (unpaired) electrons. The summed E-state index contributed by atoms with van der Waals surface area (Å²) in [6.45, 7) is 19.7. The van der Waals surface area contributed by atoms with E-state index in [1.165, 1.54) is 308 Å². The minimum atomic E-state index is -0.627. The highest BCUT2D eigenvalue weighted by Crippen LogP contribution is 2.50. The number of carbonyl (C=O) groups excluding carboxylic acids is 4. The van der Waals surface area contributed by atoms with E-state index in [9.17, 15) is 0 Å². The molecule has 15 heteroatoms. The van der Waals surface area contributed by atoms with Crippen molar-refractivity contribution in [1.29, 1.82) is 0 Å². The van der Waals surface area contributed by atoms with Gasteiger partial charge in [0, 0.05) is 0 Å². The van der Waals surface area contributed by atoms with Crippen LogP contribution in [0.4, 0.5) is 0 Å². The normalized spacial score (nSPS) is 18.1. The van der Waals surface area contributed by atoms with Crippen LogP contribution in [-0.2, 0) is 38.1 Å². The molecule has 8 atom stereocenters. The maximum Gasteiger partial charge on any atom is 0.309 e. The van der Waals surface area contributed by atoms with Gasteiger partial charge in [0.2, 0.25) is 0 Å². The van der Waals surface area contributed by atoms with Crippen molar-refractivity contribution in [1.82, 2.24) is 8.75 Å². The lowest BCUT2D eigenvalue weighted by Gasteiger charge is -2.35. The van der Waals surface area contributed by atoms with Crippen molar-refractivity contribution in [3.05, 3.63) is 8.95 Å². The first-order chi connectivity index (χ1) is 57.3. The number of esters is 4. The fraction of sp³-hybridized carbons (Fsp3) is 0.902. The van der Waals surface area contributed by atoms with E-state index in [1.54, 1.807) is 0 Å². The topological polar surface area (TPSA) is 149 Å². The summed E-state index contributed by atoms with van der Waals surface area (Å²) in [7, 11) is 0. The van der Waals surface area contributed by atoms with E-state index >= 15 is 19.2 Å². The minimum absolute atomic E-state index is 0.265. The van der Waals surface area contributed by atoms with Gasteiger partial charge in [0.25, 0.3) is 0 Å². The summed E-state index contributed by atoms with van der Waals surface area (Å²) in [5, 5.41) is 0. The number of rotatable bonds is 80. The third-order valence-corrected chi connectivity index (χ3v) is 28.3. The molecule has 0 N–H and O–H groups in total. The molecule has 4 rings (SSSR count). The van der Waals surface area contributed by atoms with E-state index in [0.29, 0.717) is 96.4 Å². The van der Waals surface area contributed by atoms with Crippen LogP contribution in [0.2, 0.25) is 0 Å². The fourth-order valence-corrected chi connectivity index (χ4v) is 20.5. The van der Waals surface area contributed by atoms with Crippen LogP contribution in [0.3, 0.4) is 0 Å². The molecule has 2 saturated carbocycles. The van der Waals surface area contributed by atoms with Crippen molar-refractivity contribution in [3.8, 4) is 11.5 Å². The molecule has 0 spiro atoms. The average molecular weight is 1790 g/mol. The lowest BCUT2D eigenvalue weighted by Crippen LogP contribution is -2.40. The van der Waals surface area contributed by atoms with E-state index < -0.39 is 35.9 Å². The second-order valence-corrected chi connectivity index (χ2v) is 39.3. The molecule has 117 heavy (non-hydrogen) atoms. The summed E-state index contributed by atoms with van der Waals surface area (Å²) >= 11 is 9.10. The number of nitrogens with zero attached hydrogens (tertiary/aromatic N) is 2. The first-order valence-corrected chi connectivity index (χ1v) is 53.3. The summed E-state index contributed by atoms with van der Waals surface area (Å²) < 4.78 is 51.7. The van der Waals surface area contributed by atoms with Crippen molar-refractivity contribution in [2.45, 2.75) is 517 Å². The number of benzene rings is 1. The second-order valence-electron chi connectivity index (χ2n) is 37.2. The second kappa shape index (κ2) is 72.8. The zero-order valence-corrected chi connectivity index (χ0v) is 81.2. The summed E-state index contributed by atoms with van der Waals surface area (Å²) in [6, 6.07) is 0. The first-order valence-electron chi connectivity index (χ1n) is 51.0. The Morgan fingerprint density at radius 3 is 0.598 bits per heavy atom. The third kappa shape index (κ3) is 50.3. The Morgan fingerprint density at radius 1 is 0.265 bits per heavy atom. The number of aromatic nitrogens is 2. The SMILES string of the molecule is CCCCCCCCCCC(CCCCCCCC)COC(=O)C1CC(Oc2c(OC3CC(C(=O)OCC(CCCCCCCC)CCCCCCCCCC)CC(C(=O)OCC(CCCCCCCC)CCCCCCCCCC)C3)c(Br)c3nsnc3c2Br)CC(C(=O)OCC(CCCCCCCC)CCCCCCCCCC)C1. The van der Waals surface area contributed by atoms with Gasteiger partial charge in [-0.05, 0) is 145 Å². The van der Waals surface area contributed by atoms with Gasteiger partial charge in [-0.3, -0.25) is 19.2 Å². The number of ether oxygens (including phenoxy) is 6. The first kappa shape index (κ1) is 107. The molecule has 8 unspecified atom stereocenters. The molecule has 2 aromatic rings. The van der Waals surface area contributed by atoms with Crippen molar-refractivity contribution in [2.24, 2.45) is 47.3 Å². The van der Waals surface area contributed by atoms with Crippen molar-refractivity contribution >= 4 is 78.5 Å². The highest BCUT2D eigenvalue weighted by molar-refractivity contribution is 9.11. The van der Waals surface area contributed by atoms with Gasteiger partial charge in [-0.25, -0.2) is 0 Å². The molecule has 0 aliphatic heterocycles. The highest BCUT2D eigenvalue weighted by Gasteiger charge is 2.43. The van der Waals surface area contributed by atoms with Gasteiger partial charge in [-0.1, -0.05) is 415 Å². The molecule has 2 aliphatic carbocycles. The van der Waals surface area contributed by atoms with E-state index in [4.69, 9.17) is 37.2 Å². The standard InChI is InChI=1S/C102H182Br2N2O10S/c1-9-17-25-33-41-45-53-61-69-83(65-57-49-37-29-21-13-5)79-111-99(107)87-73-88(100(108)112-80-84(66-58-50-38-30-22-14-6)70-62-54-46-42-34-26-18-10-2)76-91(75-87)115-97-93(103)95-96(106-117-105-95)94(104)98(97)116-92-77-89(101(109)113-81-85(67-59-51-39-31-23-15-7)71-63-55-47-43-35-27-19-11-3)74-90(78-92)102(110)114-82-86(68-60-52-40-32-24-16-8)72-64-56-48-44-36-28-20-12-4/h83-92H,9-82H2,1-8H3. The summed E-state index contributed by atoms with van der Waals surface area (Å²) in [4.78, 5) is 60.4. The summed E-state index contributed by atoms with van der Waals surface area (Å²) in [6.07, 6.45) is 78.8. The van der Waals surface area contributed by atoms with Gasteiger partial charge < -0.3 is 28.4 Å². The Balaban J connectivity index is 1.74. The highest BCUT2D eigenvalue weighted by atomic mass is 79.9. The van der Waals surface area contributed by atoms with Gasteiger partial charge in [-0.2, -0.15) is 8.75 Å². The van der Waals surface area contributed by atoms with Crippen LogP contribution in [0.15, 0.2) is 8.95 Å². The van der Waals surface area contributed by atoms with Crippen molar-refractivity contribution in [2.75, 3.05) is 26.4 Å². The smallest absolute Gasteiger partial charge is 0.309 e. The van der Waals surface area contributed by atoms with Gasteiger partial charge in [0.1, 0.15) is 23.2 Å². The van der Waals surface area contributed by atoms with Crippen LogP contribution in [0, 0.1) is 47.3 Å². The molecular weight excluding hydrogens is 1610 g/mol. The zero-order chi connectivity index (χ0) is 84.2. The molecule has 2 fully saturated rings. The Morgan fingerprint density at radius 2 is 0.427 bits per heavy atom. The molecule has 1 aromatic carbocycles. The van der Waals surface area contributed by atoms with Crippen LogP contribution >= 0.6 is 43.6 Å². The van der Waals surface area contributed by atoms with Crippen molar-refractivity contribution < 1.29 is 47.6 Å². The molecule has 2 aliphatic rings. The molecule has 0 saturated heterocycles. The monoisotopic (exact) mass is 1790 g/mol. The number of fused-ring (bicyclic) bond motifs is 1. The quantitative estimate of drug-likeness (QED) is 0.0352. The summed E-state index contributed by atoms with van der Waals surface area (Å²) in [5.74, 6) is -1.63. The Hall–Kier alpha value is -2.52. The molecule has 0 bridgehead atoms. The van der Waals surface area contributed by atoms with Gasteiger partial charge in [0.05, 0.1) is 70.8 Å².